The van der Waals surface area contributed by atoms with Gasteiger partial charge < -0.3 is 24.4 Å². The van der Waals surface area contributed by atoms with Crippen molar-refractivity contribution in [3.63, 3.8) is 0 Å². The molecule has 2 fully saturated rings. The molecule has 1 N–H and O–H groups in total. The van der Waals surface area contributed by atoms with E-state index in [1.54, 1.807) is 4.90 Å². The lowest BCUT2D eigenvalue weighted by Gasteiger charge is -2.43. The van der Waals surface area contributed by atoms with E-state index in [1.807, 2.05) is 42.2 Å². The molecule has 2 amide bonds. The molecule has 2 aliphatic rings. The number of aliphatic hydroxyl groups is 1. The highest BCUT2D eigenvalue weighted by Gasteiger charge is 2.39. The summed E-state index contributed by atoms with van der Waals surface area (Å²) < 4.78 is 10.9. The number of benzene rings is 1. The molecule has 0 radical (unpaired) electrons. The van der Waals surface area contributed by atoms with Crippen molar-refractivity contribution in [2.75, 3.05) is 46.1 Å². The molecule has 0 spiro atoms. The highest BCUT2D eigenvalue weighted by Crippen LogP contribution is 2.32. The Hall–Kier alpha value is -1.96. The molecule has 3 rings (SSSR count). The van der Waals surface area contributed by atoms with E-state index in [0.29, 0.717) is 45.7 Å². The van der Waals surface area contributed by atoms with Crippen molar-refractivity contribution in [3.8, 4) is 0 Å². The summed E-state index contributed by atoms with van der Waals surface area (Å²) in [7, 11) is 0. The lowest BCUT2D eigenvalue weighted by atomic mass is 9.91. The Morgan fingerprint density at radius 2 is 1.89 bits per heavy atom. The van der Waals surface area contributed by atoms with Crippen LogP contribution in [0.3, 0.4) is 0 Å². The van der Waals surface area contributed by atoms with Gasteiger partial charge in [0.15, 0.2) is 0 Å². The number of hydrogen-bond acceptors (Lipinski definition) is 5. The molecule has 7 heteroatoms. The topological polar surface area (TPSA) is 79.3 Å². The Labute approximate surface area is 166 Å². The number of hydrogen-bond donors (Lipinski definition) is 1. The van der Waals surface area contributed by atoms with E-state index in [-0.39, 0.29) is 37.0 Å². The zero-order valence-electron chi connectivity index (χ0n) is 16.5. The lowest BCUT2D eigenvalue weighted by molar-refractivity contribution is -0.156. The predicted molar refractivity (Wildman–Crippen MR) is 104 cm³/mol. The third-order valence-electron chi connectivity index (χ3n) is 5.58. The normalized spacial score (nSPS) is 23.6. The van der Waals surface area contributed by atoms with E-state index < -0.39 is 6.10 Å². The van der Waals surface area contributed by atoms with Crippen molar-refractivity contribution in [1.82, 2.24) is 9.80 Å². The second-order valence-electron chi connectivity index (χ2n) is 7.27. The summed E-state index contributed by atoms with van der Waals surface area (Å²) in [6, 6.07) is 9.45. The molecule has 1 aromatic carbocycles. The average molecular weight is 390 g/mol. The Bertz CT molecular complexity index is 645. The molecule has 0 unspecified atom stereocenters. The predicted octanol–water partition coefficient (Wildman–Crippen LogP) is 1.22. The molecule has 2 saturated heterocycles. The van der Waals surface area contributed by atoms with Crippen LogP contribution < -0.4 is 0 Å². The molecule has 2 aliphatic heterocycles. The van der Waals surface area contributed by atoms with Crippen LogP contribution in [0.25, 0.3) is 0 Å². The van der Waals surface area contributed by atoms with Gasteiger partial charge in [-0.2, -0.15) is 0 Å². The van der Waals surface area contributed by atoms with Crippen LogP contribution in [-0.2, 0) is 19.1 Å². The number of morpholine rings is 1. The number of rotatable bonds is 6. The lowest BCUT2D eigenvalue weighted by Crippen LogP contribution is -2.52. The summed E-state index contributed by atoms with van der Waals surface area (Å²) in [4.78, 5) is 29.1. The van der Waals surface area contributed by atoms with E-state index in [4.69, 9.17) is 9.47 Å². The van der Waals surface area contributed by atoms with Crippen LogP contribution in [0.2, 0.25) is 0 Å². The smallest absolute Gasteiger partial charge is 0.248 e. The van der Waals surface area contributed by atoms with Gasteiger partial charge in [0.05, 0.1) is 19.3 Å². The number of aliphatic hydroxyl groups excluding tert-OH is 1. The molecule has 28 heavy (non-hydrogen) atoms. The number of piperidine rings is 1. The minimum atomic E-state index is -0.423. The quantitative estimate of drug-likeness (QED) is 0.790. The van der Waals surface area contributed by atoms with Crippen LogP contribution in [0.4, 0.5) is 0 Å². The van der Waals surface area contributed by atoms with Crippen molar-refractivity contribution in [1.29, 1.82) is 0 Å². The Kier molecular flexibility index (Phi) is 7.42. The maximum atomic E-state index is 13.3. The fourth-order valence-corrected chi connectivity index (χ4v) is 4.07. The van der Waals surface area contributed by atoms with Crippen molar-refractivity contribution >= 4 is 11.8 Å². The van der Waals surface area contributed by atoms with E-state index in [9.17, 15) is 14.7 Å². The average Bonchev–Trinajstić information content (AvgIpc) is 2.77. The summed E-state index contributed by atoms with van der Waals surface area (Å²) >= 11 is 0. The first-order valence-corrected chi connectivity index (χ1v) is 10.1. The highest BCUT2D eigenvalue weighted by molar-refractivity contribution is 5.81. The molecule has 0 aromatic heterocycles. The van der Waals surface area contributed by atoms with Crippen molar-refractivity contribution < 1.29 is 24.2 Å². The minimum Gasteiger partial charge on any atom is -0.394 e. The second kappa shape index (κ2) is 10.0. The number of carbonyl (C=O) groups excluding carboxylic acids is 2. The SMILES string of the molecule is CCOCC(=O)N1CCC(C(=O)N2CCO[C@H](CO)[C@H]2c2ccccc2)CC1. The molecule has 0 saturated carbocycles. The first kappa shape index (κ1) is 20.8. The van der Waals surface area contributed by atoms with Crippen LogP contribution in [-0.4, -0.2) is 78.9 Å². The van der Waals surface area contributed by atoms with Gasteiger partial charge in [0.25, 0.3) is 0 Å². The van der Waals surface area contributed by atoms with Crippen LogP contribution in [0.1, 0.15) is 31.4 Å². The number of ether oxygens (including phenoxy) is 2. The zero-order valence-corrected chi connectivity index (χ0v) is 16.5. The summed E-state index contributed by atoms with van der Waals surface area (Å²) in [5.41, 5.74) is 0.971. The molecule has 0 aliphatic carbocycles. The van der Waals surface area contributed by atoms with E-state index in [2.05, 4.69) is 0 Å². The highest BCUT2D eigenvalue weighted by atomic mass is 16.5. The van der Waals surface area contributed by atoms with Gasteiger partial charge in [-0.1, -0.05) is 30.3 Å². The van der Waals surface area contributed by atoms with E-state index in [1.165, 1.54) is 0 Å². The van der Waals surface area contributed by atoms with Crippen LogP contribution in [0.15, 0.2) is 30.3 Å². The molecule has 7 nitrogen and oxygen atoms in total. The van der Waals surface area contributed by atoms with Crippen molar-refractivity contribution in [3.05, 3.63) is 35.9 Å². The maximum absolute atomic E-state index is 13.3. The third kappa shape index (κ3) is 4.71. The monoisotopic (exact) mass is 390 g/mol. The number of nitrogens with zero attached hydrogens (tertiary/aromatic N) is 2. The van der Waals surface area contributed by atoms with E-state index in [0.717, 1.165) is 5.56 Å². The Balaban J connectivity index is 1.66. The Morgan fingerprint density at radius 3 is 2.54 bits per heavy atom. The van der Waals surface area contributed by atoms with Gasteiger partial charge in [0.1, 0.15) is 12.7 Å². The number of carbonyl (C=O) groups is 2. The van der Waals surface area contributed by atoms with Gasteiger partial charge in [-0.25, -0.2) is 0 Å². The fraction of sp³-hybridized carbons (Fsp3) is 0.619. The maximum Gasteiger partial charge on any atom is 0.248 e. The summed E-state index contributed by atoms with van der Waals surface area (Å²) in [5, 5.41) is 9.78. The molecule has 1 aromatic rings. The van der Waals surface area contributed by atoms with Crippen LogP contribution in [0, 0.1) is 5.92 Å². The summed E-state index contributed by atoms with van der Waals surface area (Å²) in [5.74, 6) is -0.0334. The van der Waals surface area contributed by atoms with Crippen molar-refractivity contribution in [2.45, 2.75) is 31.9 Å². The molecule has 2 heterocycles. The molecule has 2 atom stereocenters. The summed E-state index contributed by atoms with van der Waals surface area (Å²) in [6.07, 6.45) is 0.881. The van der Waals surface area contributed by atoms with Gasteiger partial charge in [-0.3, -0.25) is 9.59 Å². The first-order chi connectivity index (χ1) is 13.7. The minimum absolute atomic E-state index is 0.0124. The van der Waals surface area contributed by atoms with E-state index >= 15 is 0 Å². The van der Waals surface area contributed by atoms with Gasteiger partial charge in [-0.15, -0.1) is 0 Å². The number of amides is 2. The number of likely N-dealkylation sites (tertiary alicyclic amines) is 1. The molecular formula is C21H30N2O5. The molecule has 154 valence electrons. The van der Waals surface area contributed by atoms with Gasteiger partial charge in [0, 0.05) is 32.2 Å². The zero-order chi connectivity index (χ0) is 19.9. The Morgan fingerprint density at radius 1 is 1.18 bits per heavy atom. The van der Waals surface area contributed by atoms with Crippen LogP contribution in [0.5, 0.6) is 0 Å². The molecular weight excluding hydrogens is 360 g/mol. The van der Waals surface area contributed by atoms with Gasteiger partial charge >= 0.3 is 0 Å². The third-order valence-corrected chi connectivity index (χ3v) is 5.58. The van der Waals surface area contributed by atoms with Crippen molar-refractivity contribution in [2.24, 2.45) is 5.92 Å². The van der Waals surface area contributed by atoms with Gasteiger partial charge in [-0.05, 0) is 25.3 Å². The molecule has 0 bridgehead atoms. The van der Waals surface area contributed by atoms with Gasteiger partial charge in [0.2, 0.25) is 11.8 Å². The summed E-state index contributed by atoms with van der Waals surface area (Å²) in [6.45, 7) is 4.44. The standard InChI is InChI=1S/C21H30N2O5/c1-2-27-15-19(25)22-10-8-17(9-11-22)21(26)23-12-13-28-18(14-24)20(23)16-6-4-3-5-7-16/h3-7,17-18,20,24H,2,8-15H2,1H3/t18-,20-/m1/s1. The second-order valence-corrected chi connectivity index (χ2v) is 7.27. The largest absolute Gasteiger partial charge is 0.394 e. The van der Waals surface area contributed by atoms with Crippen LogP contribution >= 0.6 is 0 Å². The fourth-order valence-electron chi connectivity index (χ4n) is 4.07. The first-order valence-electron chi connectivity index (χ1n) is 10.1.